The molecule has 2 saturated heterocycles. The van der Waals surface area contributed by atoms with Gasteiger partial charge in [0.05, 0.1) is 25.9 Å². The van der Waals surface area contributed by atoms with E-state index in [4.69, 9.17) is 14.5 Å². The maximum Gasteiger partial charge on any atom is 0.413 e. The molecular formula is C32H54N6O4. The van der Waals surface area contributed by atoms with Crippen molar-refractivity contribution < 1.29 is 19.1 Å². The number of likely N-dealkylation sites (tertiary alicyclic amines) is 1. The molecule has 10 heteroatoms. The molecule has 236 valence electrons. The van der Waals surface area contributed by atoms with E-state index in [0.717, 1.165) is 51.6 Å². The van der Waals surface area contributed by atoms with Crippen LogP contribution in [0.4, 0.5) is 4.79 Å². The van der Waals surface area contributed by atoms with E-state index < -0.39 is 17.7 Å². The number of rotatable bonds is 9. The van der Waals surface area contributed by atoms with Gasteiger partial charge in [-0.3, -0.25) is 10.1 Å². The molecule has 0 unspecified atom stereocenters. The van der Waals surface area contributed by atoms with Crippen LogP contribution in [-0.2, 0) is 14.3 Å². The van der Waals surface area contributed by atoms with Crippen LogP contribution < -0.4 is 10.6 Å². The van der Waals surface area contributed by atoms with E-state index in [0.29, 0.717) is 75.4 Å². The van der Waals surface area contributed by atoms with E-state index in [1.54, 1.807) is 0 Å². The number of nitriles is 1. The van der Waals surface area contributed by atoms with Gasteiger partial charge in [-0.05, 0) is 108 Å². The van der Waals surface area contributed by atoms with Crippen LogP contribution in [0.1, 0.15) is 97.3 Å². The second-order valence-electron chi connectivity index (χ2n) is 13.3. The van der Waals surface area contributed by atoms with Gasteiger partial charge in [-0.15, -0.1) is 0 Å². The van der Waals surface area contributed by atoms with Gasteiger partial charge < -0.3 is 24.6 Å². The fourth-order valence-corrected chi connectivity index (χ4v) is 7.24. The second kappa shape index (κ2) is 15.4. The Morgan fingerprint density at radius 2 is 1.64 bits per heavy atom. The molecule has 0 aromatic carbocycles. The number of amides is 2. The molecule has 4 aliphatic rings. The fourth-order valence-electron chi connectivity index (χ4n) is 7.24. The molecule has 0 spiro atoms. The minimum Gasteiger partial charge on any atom is -0.449 e. The number of guanidine groups is 1. The normalized spacial score (nSPS) is 24.5. The van der Waals surface area contributed by atoms with Crippen LogP contribution in [0.25, 0.3) is 0 Å². The molecule has 4 fully saturated rings. The average Bonchev–Trinajstić information content (AvgIpc) is 3.49. The van der Waals surface area contributed by atoms with E-state index in [2.05, 4.69) is 42.5 Å². The number of hydrogen-bond acceptors (Lipinski definition) is 7. The lowest BCUT2D eigenvalue weighted by molar-refractivity contribution is -0.124. The van der Waals surface area contributed by atoms with E-state index in [1.807, 2.05) is 4.90 Å². The fraction of sp³-hybridized carbons (Fsp3) is 0.875. The van der Waals surface area contributed by atoms with Crippen molar-refractivity contribution >= 4 is 18.0 Å². The number of hydrogen-bond donors (Lipinski definition) is 2. The highest BCUT2D eigenvalue weighted by atomic mass is 16.5. The topological polar surface area (TPSA) is 119 Å². The Morgan fingerprint density at radius 3 is 2.24 bits per heavy atom. The number of carbonyl (C=O) groups is 2. The summed E-state index contributed by atoms with van der Waals surface area (Å²) in [6.07, 6.45) is 12.2. The van der Waals surface area contributed by atoms with Gasteiger partial charge in [0.1, 0.15) is 11.6 Å². The van der Waals surface area contributed by atoms with Crippen LogP contribution >= 0.6 is 0 Å². The molecule has 4 rings (SSSR count). The highest BCUT2D eigenvalue weighted by Gasteiger charge is 2.39. The number of carbonyl (C=O) groups excluding carboxylic acids is 2. The predicted molar refractivity (Wildman–Crippen MR) is 163 cm³/mol. The first-order valence-electron chi connectivity index (χ1n) is 16.6. The summed E-state index contributed by atoms with van der Waals surface area (Å²) in [7, 11) is 2.11. The highest BCUT2D eigenvalue weighted by molar-refractivity contribution is 5.96. The monoisotopic (exact) mass is 586 g/mol. The first kappa shape index (κ1) is 32.5. The third kappa shape index (κ3) is 8.82. The number of aliphatic imine (C=N–C) groups is 1. The lowest BCUT2D eigenvalue weighted by atomic mass is 9.66. The van der Waals surface area contributed by atoms with Gasteiger partial charge >= 0.3 is 6.09 Å². The van der Waals surface area contributed by atoms with Crippen LogP contribution in [0.3, 0.4) is 0 Å². The Kier molecular flexibility index (Phi) is 11.9. The summed E-state index contributed by atoms with van der Waals surface area (Å²) in [5.41, 5.74) is -0.416. The van der Waals surface area contributed by atoms with Crippen molar-refractivity contribution in [1.29, 1.82) is 5.26 Å². The van der Waals surface area contributed by atoms with Crippen LogP contribution in [0.2, 0.25) is 0 Å². The standard InChI is InChI=1S/C32H54N6O4/c1-4-31(5-2)14-8-25(9-15-31)22-27(28(39)36-32(24-33)12-6-7-13-32)34-29(38-18-20-41-21-19-38)35-30(40)42-23-26-10-16-37(3)17-11-26/h25-27H,4-23H2,1-3H3,(H,36,39)(H,34,35,40)/t27-/m0/s1. The van der Waals surface area contributed by atoms with Gasteiger partial charge in [0.25, 0.3) is 0 Å². The van der Waals surface area contributed by atoms with Crippen molar-refractivity contribution in [3.8, 4) is 6.07 Å². The molecule has 2 N–H and O–H groups in total. The van der Waals surface area contributed by atoms with Crippen LogP contribution in [0.15, 0.2) is 4.99 Å². The molecule has 0 aromatic heterocycles. The Morgan fingerprint density at radius 1 is 1.00 bits per heavy atom. The summed E-state index contributed by atoms with van der Waals surface area (Å²) in [5.74, 6) is 0.886. The first-order chi connectivity index (χ1) is 20.3. The zero-order chi connectivity index (χ0) is 30.0. The molecule has 2 saturated carbocycles. The van der Waals surface area contributed by atoms with Crippen molar-refractivity contribution in [2.24, 2.45) is 22.2 Å². The Balaban J connectivity index is 1.50. The van der Waals surface area contributed by atoms with Crippen molar-refractivity contribution in [2.75, 3.05) is 53.0 Å². The molecule has 2 aliphatic heterocycles. The molecule has 2 heterocycles. The Hall–Kier alpha value is -2.38. The van der Waals surface area contributed by atoms with Gasteiger partial charge in [0, 0.05) is 13.1 Å². The summed E-state index contributed by atoms with van der Waals surface area (Å²) in [4.78, 5) is 36.2. The van der Waals surface area contributed by atoms with Gasteiger partial charge in [0.15, 0.2) is 0 Å². The van der Waals surface area contributed by atoms with Crippen molar-refractivity contribution in [1.82, 2.24) is 20.4 Å². The van der Waals surface area contributed by atoms with Gasteiger partial charge in [-0.25, -0.2) is 9.79 Å². The van der Waals surface area contributed by atoms with Gasteiger partial charge in [0.2, 0.25) is 11.9 Å². The lowest BCUT2D eigenvalue weighted by Gasteiger charge is -2.40. The minimum absolute atomic E-state index is 0.214. The molecule has 10 nitrogen and oxygen atoms in total. The molecule has 2 aliphatic carbocycles. The molecule has 42 heavy (non-hydrogen) atoms. The largest absolute Gasteiger partial charge is 0.449 e. The van der Waals surface area contributed by atoms with E-state index in [-0.39, 0.29) is 5.91 Å². The summed E-state index contributed by atoms with van der Waals surface area (Å²) in [5, 5.41) is 16.0. The summed E-state index contributed by atoms with van der Waals surface area (Å²) in [6, 6.07) is 1.70. The van der Waals surface area contributed by atoms with Crippen molar-refractivity contribution in [3.63, 3.8) is 0 Å². The quantitative estimate of drug-likeness (QED) is 0.303. The maximum atomic E-state index is 13.9. The van der Waals surface area contributed by atoms with E-state index >= 15 is 0 Å². The lowest BCUT2D eigenvalue weighted by Crippen LogP contribution is -2.52. The van der Waals surface area contributed by atoms with Crippen molar-refractivity contribution in [2.45, 2.75) is 109 Å². The zero-order valence-electron chi connectivity index (χ0n) is 26.3. The highest BCUT2D eigenvalue weighted by Crippen LogP contribution is 2.45. The number of alkyl carbamates (subject to hydrolysis) is 1. The Labute approximate surface area is 252 Å². The van der Waals surface area contributed by atoms with E-state index in [9.17, 15) is 14.9 Å². The van der Waals surface area contributed by atoms with Crippen LogP contribution in [-0.4, -0.2) is 92.4 Å². The third-order valence-corrected chi connectivity index (χ3v) is 10.6. The minimum atomic E-state index is -0.823. The predicted octanol–water partition coefficient (Wildman–Crippen LogP) is 4.45. The number of piperidine rings is 1. The zero-order valence-corrected chi connectivity index (χ0v) is 26.3. The molecule has 1 atom stereocenters. The number of ether oxygens (including phenoxy) is 2. The van der Waals surface area contributed by atoms with E-state index in [1.165, 1.54) is 25.7 Å². The summed E-state index contributed by atoms with van der Waals surface area (Å²) in [6.45, 7) is 9.18. The van der Waals surface area contributed by atoms with Crippen molar-refractivity contribution in [3.05, 3.63) is 0 Å². The summed E-state index contributed by atoms with van der Waals surface area (Å²) < 4.78 is 11.2. The Bertz CT molecular complexity index is 947. The first-order valence-corrected chi connectivity index (χ1v) is 16.6. The third-order valence-electron chi connectivity index (χ3n) is 10.6. The van der Waals surface area contributed by atoms with Gasteiger partial charge in [-0.1, -0.05) is 26.7 Å². The van der Waals surface area contributed by atoms with Gasteiger partial charge in [-0.2, -0.15) is 5.26 Å². The molecule has 0 aromatic rings. The summed E-state index contributed by atoms with van der Waals surface area (Å²) >= 11 is 0. The molecule has 2 amide bonds. The SMILES string of the molecule is CCC1(CC)CCC(C[C@H](N=C(NC(=O)OCC2CCN(C)CC2)N2CCOCC2)C(=O)NC2(C#N)CCCC2)CC1. The molecular weight excluding hydrogens is 532 g/mol. The molecule has 0 radical (unpaired) electrons. The maximum absolute atomic E-state index is 13.9. The van der Waals surface area contributed by atoms with Crippen LogP contribution in [0, 0.1) is 28.6 Å². The number of nitrogens with zero attached hydrogens (tertiary/aromatic N) is 4. The smallest absolute Gasteiger partial charge is 0.413 e. The average molecular weight is 587 g/mol. The molecule has 0 bridgehead atoms. The second-order valence-corrected chi connectivity index (χ2v) is 13.3. The van der Waals surface area contributed by atoms with Crippen LogP contribution in [0.5, 0.6) is 0 Å². The number of morpholine rings is 1. The number of nitrogens with one attached hydrogen (secondary N) is 2.